The molecule has 1 aliphatic rings. The highest BCUT2D eigenvalue weighted by atomic mass is 31.2. The zero-order valence-electron chi connectivity index (χ0n) is 21.7. The Morgan fingerprint density at radius 2 is 1.71 bits per heavy atom. The molecule has 0 bridgehead atoms. The van der Waals surface area contributed by atoms with Crippen LogP contribution in [0.1, 0.15) is 73.5 Å². The Morgan fingerprint density at radius 1 is 1.05 bits per heavy atom. The minimum absolute atomic E-state index is 0.111. The summed E-state index contributed by atoms with van der Waals surface area (Å²) < 4.78 is 17.4. The summed E-state index contributed by atoms with van der Waals surface area (Å²) in [5.74, 6) is -0.606. The van der Waals surface area contributed by atoms with Crippen LogP contribution in [0.25, 0.3) is 0 Å². The summed E-state index contributed by atoms with van der Waals surface area (Å²) in [6.07, 6.45) is 5.94. The Hall–Kier alpha value is -3.20. The number of ether oxygens (including phenoxy) is 1. The van der Waals surface area contributed by atoms with Gasteiger partial charge in [0.25, 0.3) is 5.91 Å². The molecule has 6 N–H and O–H groups in total. The summed E-state index contributed by atoms with van der Waals surface area (Å²) in [6, 6.07) is 9.23. The molecule has 1 saturated carbocycles. The van der Waals surface area contributed by atoms with Gasteiger partial charge in [-0.05, 0) is 61.1 Å². The van der Waals surface area contributed by atoms with Crippen molar-refractivity contribution in [3.05, 3.63) is 59.2 Å². The third-order valence-electron chi connectivity index (χ3n) is 6.73. The van der Waals surface area contributed by atoms with Crippen molar-refractivity contribution in [2.75, 3.05) is 6.61 Å². The molecule has 0 aliphatic heterocycles. The first-order chi connectivity index (χ1) is 17.9. The molecule has 2 aromatic carbocycles. The third kappa shape index (κ3) is 8.41. The van der Waals surface area contributed by atoms with E-state index in [-0.39, 0.29) is 17.3 Å². The lowest BCUT2D eigenvalue weighted by Gasteiger charge is -2.23. The number of carbonyl (C=O) groups is 3. The number of amides is 3. The molecule has 2 atom stereocenters. The summed E-state index contributed by atoms with van der Waals surface area (Å²) in [6.45, 7) is 3.57. The van der Waals surface area contributed by atoms with Crippen molar-refractivity contribution < 1.29 is 33.5 Å². The number of nitrogens with two attached hydrogens (primary N) is 1. The van der Waals surface area contributed by atoms with Crippen molar-refractivity contribution in [3.8, 4) is 5.75 Å². The molecule has 1 fully saturated rings. The minimum Gasteiger partial charge on any atom is -0.492 e. The highest BCUT2D eigenvalue weighted by molar-refractivity contribution is 7.60. The molecule has 3 rings (SSSR count). The minimum atomic E-state index is -4.38. The molecule has 0 aromatic heterocycles. The zero-order chi connectivity index (χ0) is 27.9. The molecule has 0 spiro atoms. The summed E-state index contributed by atoms with van der Waals surface area (Å²) >= 11 is 0. The SMILES string of the molecule is CC(=O)N[C@@H](Cc1ccc(P(=O)(O)O)cc1)C(=O)NC(C)c1ccc(OCC2CCCCC2)c(C(N)=O)c1. The standard InChI is InChI=1S/C27H36N3O7P/c1-17(21-10-13-25(23(15-21)26(28)32)37-16-20-6-4-3-5-7-20)29-27(33)24(30-18(2)31)14-19-8-11-22(12-9-19)38(34,35)36/h8-13,15,17,20,24H,3-7,14,16H2,1-2H3,(H2,28,32)(H,29,33)(H,30,31)(H2,34,35,36)/t17?,24-/m0/s1. The van der Waals surface area contributed by atoms with Crippen LogP contribution in [0.5, 0.6) is 5.75 Å². The van der Waals surface area contributed by atoms with E-state index in [9.17, 15) is 28.7 Å². The molecule has 10 nitrogen and oxygen atoms in total. The van der Waals surface area contributed by atoms with Crippen LogP contribution >= 0.6 is 7.60 Å². The van der Waals surface area contributed by atoms with Gasteiger partial charge in [-0.25, -0.2) is 0 Å². The molecule has 0 radical (unpaired) electrons. The average molecular weight is 546 g/mol. The zero-order valence-corrected chi connectivity index (χ0v) is 22.6. The summed E-state index contributed by atoms with van der Waals surface area (Å²) in [7, 11) is -4.38. The summed E-state index contributed by atoms with van der Waals surface area (Å²) in [4.78, 5) is 55.6. The van der Waals surface area contributed by atoms with Gasteiger partial charge in [-0.3, -0.25) is 18.9 Å². The summed E-state index contributed by atoms with van der Waals surface area (Å²) in [5, 5.41) is 5.34. The van der Waals surface area contributed by atoms with E-state index in [0.29, 0.717) is 29.4 Å². The third-order valence-corrected chi connectivity index (χ3v) is 7.70. The van der Waals surface area contributed by atoms with E-state index in [1.807, 2.05) is 0 Å². The quantitative estimate of drug-likeness (QED) is 0.270. The second kappa shape index (κ2) is 13.0. The van der Waals surface area contributed by atoms with Crippen LogP contribution in [-0.4, -0.2) is 40.2 Å². The van der Waals surface area contributed by atoms with E-state index in [4.69, 9.17) is 10.5 Å². The van der Waals surface area contributed by atoms with E-state index in [1.54, 1.807) is 25.1 Å². The van der Waals surface area contributed by atoms with Crippen molar-refractivity contribution >= 4 is 30.6 Å². The second-order valence-corrected chi connectivity index (χ2v) is 11.4. The molecule has 1 aliphatic carbocycles. The lowest BCUT2D eigenvalue weighted by atomic mass is 9.90. The molecule has 1 unspecified atom stereocenters. The van der Waals surface area contributed by atoms with E-state index in [1.165, 1.54) is 50.5 Å². The first-order valence-electron chi connectivity index (χ1n) is 12.7. The first kappa shape index (κ1) is 29.4. The molecule has 3 amide bonds. The van der Waals surface area contributed by atoms with E-state index in [2.05, 4.69) is 10.6 Å². The highest BCUT2D eigenvalue weighted by Gasteiger charge is 2.24. The van der Waals surface area contributed by atoms with E-state index >= 15 is 0 Å². The average Bonchev–Trinajstić information content (AvgIpc) is 2.87. The van der Waals surface area contributed by atoms with Gasteiger partial charge in [0, 0.05) is 13.3 Å². The second-order valence-electron chi connectivity index (χ2n) is 9.83. The normalized spacial score (nSPS) is 15.8. The van der Waals surface area contributed by atoms with Gasteiger partial charge < -0.3 is 30.9 Å². The number of primary amides is 1. The van der Waals surface area contributed by atoms with Crippen LogP contribution in [0, 0.1) is 5.92 Å². The van der Waals surface area contributed by atoms with Gasteiger partial charge in [0.2, 0.25) is 11.8 Å². The Morgan fingerprint density at radius 3 is 2.29 bits per heavy atom. The number of rotatable bonds is 11. The lowest BCUT2D eigenvalue weighted by molar-refractivity contribution is -0.128. The lowest BCUT2D eigenvalue weighted by Crippen LogP contribution is -2.48. The highest BCUT2D eigenvalue weighted by Crippen LogP contribution is 2.33. The molecule has 38 heavy (non-hydrogen) atoms. The monoisotopic (exact) mass is 545 g/mol. The van der Waals surface area contributed by atoms with Gasteiger partial charge in [-0.2, -0.15) is 0 Å². The molecule has 206 valence electrons. The molecular formula is C27H36N3O7P. The van der Waals surface area contributed by atoms with Crippen molar-refractivity contribution in [2.45, 2.75) is 64.5 Å². The van der Waals surface area contributed by atoms with Crippen molar-refractivity contribution in [3.63, 3.8) is 0 Å². The fourth-order valence-electron chi connectivity index (χ4n) is 4.61. The molecule has 2 aromatic rings. The summed E-state index contributed by atoms with van der Waals surface area (Å²) in [5.41, 5.74) is 7.11. The number of benzene rings is 2. The van der Waals surface area contributed by atoms with Crippen LogP contribution < -0.4 is 26.4 Å². The van der Waals surface area contributed by atoms with Gasteiger partial charge in [0.05, 0.1) is 23.5 Å². The molecule has 11 heteroatoms. The Kier molecular flexibility index (Phi) is 10.1. The fraction of sp³-hybridized carbons (Fsp3) is 0.444. The number of hydrogen-bond acceptors (Lipinski definition) is 5. The van der Waals surface area contributed by atoms with Crippen molar-refractivity contribution in [1.82, 2.24) is 10.6 Å². The topological polar surface area (TPSA) is 168 Å². The number of hydrogen-bond donors (Lipinski definition) is 5. The maximum absolute atomic E-state index is 13.1. The predicted octanol–water partition coefficient (Wildman–Crippen LogP) is 2.47. The predicted molar refractivity (Wildman–Crippen MR) is 143 cm³/mol. The van der Waals surface area contributed by atoms with Crippen LogP contribution in [0.4, 0.5) is 0 Å². The smallest absolute Gasteiger partial charge is 0.356 e. The van der Waals surface area contributed by atoms with Gasteiger partial charge >= 0.3 is 7.60 Å². The van der Waals surface area contributed by atoms with E-state index < -0.39 is 37.4 Å². The van der Waals surface area contributed by atoms with Crippen LogP contribution in [0.2, 0.25) is 0 Å². The van der Waals surface area contributed by atoms with Gasteiger partial charge in [0.15, 0.2) is 0 Å². The van der Waals surface area contributed by atoms with Crippen LogP contribution in [0.3, 0.4) is 0 Å². The van der Waals surface area contributed by atoms with Gasteiger partial charge in [-0.15, -0.1) is 0 Å². The number of carbonyl (C=O) groups excluding carboxylic acids is 3. The van der Waals surface area contributed by atoms with Crippen molar-refractivity contribution in [1.29, 1.82) is 0 Å². The maximum atomic E-state index is 13.1. The van der Waals surface area contributed by atoms with Crippen LogP contribution in [-0.2, 0) is 20.6 Å². The Bertz CT molecular complexity index is 1190. The molecule has 0 saturated heterocycles. The van der Waals surface area contributed by atoms with Gasteiger partial charge in [0.1, 0.15) is 11.8 Å². The van der Waals surface area contributed by atoms with Crippen LogP contribution in [0.15, 0.2) is 42.5 Å². The first-order valence-corrected chi connectivity index (χ1v) is 14.3. The number of nitrogens with one attached hydrogen (secondary N) is 2. The fourth-order valence-corrected chi connectivity index (χ4v) is 5.15. The Labute approximate surface area is 222 Å². The largest absolute Gasteiger partial charge is 0.492 e. The van der Waals surface area contributed by atoms with E-state index in [0.717, 1.165) is 12.8 Å². The Balaban J connectivity index is 1.69. The molecule has 0 heterocycles. The molecular weight excluding hydrogens is 509 g/mol. The van der Waals surface area contributed by atoms with Crippen molar-refractivity contribution in [2.24, 2.45) is 11.7 Å². The maximum Gasteiger partial charge on any atom is 0.356 e. The van der Waals surface area contributed by atoms with Gasteiger partial charge in [-0.1, -0.05) is 37.5 Å².